The SMILES string of the molecule is C1=CCC2C=CC=NC2=C1. The summed E-state index contributed by atoms with van der Waals surface area (Å²) in [6.07, 6.45) is 13.5. The Hall–Kier alpha value is -1.11. The third kappa shape index (κ3) is 0.838. The van der Waals surface area contributed by atoms with Gasteiger partial charge >= 0.3 is 0 Å². The van der Waals surface area contributed by atoms with Gasteiger partial charge in [-0.15, -0.1) is 0 Å². The Kier molecular flexibility index (Phi) is 1.28. The molecule has 0 radical (unpaired) electrons. The molecule has 50 valence electrons. The lowest BCUT2D eigenvalue weighted by molar-refractivity contribution is 0.750. The van der Waals surface area contributed by atoms with Crippen LogP contribution in [0.15, 0.2) is 41.1 Å². The molecule has 1 aliphatic heterocycles. The number of hydrogen-bond acceptors (Lipinski definition) is 1. The molecule has 0 amide bonds. The third-order valence-corrected chi connectivity index (χ3v) is 1.83. The van der Waals surface area contributed by atoms with Gasteiger partial charge < -0.3 is 0 Å². The summed E-state index contributed by atoms with van der Waals surface area (Å²) < 4.78 is 0. The van der Waals surface area contributed by atoms with Gasteiger partial charge in [-0.1, -0.05) is 18.2 Å². The summed E-state index contributed by atoms with van der Waals surface area (Å²) in [5.74, 6) is 0.551. The van der Waals surface area contributed by atoms with Crippen molar-refractivity contribution in [2.75, 3.05) is 0 Å². The van der Waals surface area contributed by atoms with Crippen LogP contribution in [0.25, 0.3) is 0 Å². The molecule has 1 aliphatic carbocycles. The van der Waals surface area contributed by atoms with Gasteiger partial charge in [0.05, 0.1) is 0 Å². The maximum Gasteiger partial charge on any atom is 0.0475 e. The summed E-state index contributed by atoms with van der Waals surface area (Å²) in [4.78, 5) is 4.25. The zero-order valence-corrected chi connectivity index (χ0v) is 5.70. The van der Waals surface area contributed by atoms with Crippen molar-refractivity contribution in [2.24, 2.45) is 10.9 Å². The van der Waals surface area contributed by atoms with E-state index in [1.54, 1.807) is 0 Å². The maximum absolute atomic E-state index is 4.25. The minimum absolute atomic E-state index is 0.551. The van der Waals surface area contributed by atoms with E-state index in [4.69, 9.17) is 0 Å². The highest BCUT2D eigenvalue weighted by molar-refractivity contribution is 5.74. The Balaban J connectivity index is 2.34. The first-order valence-electron chi connectivity index (χ1n) is 3.54. The second kappa shape index (κ2) is 2.25. The molecule has 0 saturated heterocycles. The van der Waals surface area contributed by atoms with E-state index in [1.807, 2.05) is 12.3 Å². The maximum atomic E-state index is 4.25. The van der Waals surface area contributed by atoms with Crippen LogP contribution in [0.4, 0.5) is 0 Å². The third-order valence-electron chi connectivity index (χ3n) is 1.83. The molecule has 0 aromatic heterocycles. The van der Waals surface area contributed by atoms with Gasteiger partial charge in [0.25, 0.3) is 0 Å². The van der Waals surface area contributed by atoms with Crippen molar-refractivity contribution in [3.63, 3.8) is 0 Å². The van der Waals surface area contributed by atoms with Crippen LogP contribution in [0.1, 0.15) is 6.42 Å². The van der Waals surface area contributed by atoms with E-state index in [1.165, 1.54) is 5.70 Å². The molecular weight excluding hydrogens is 122 g/mol. The van der Waals surface area contributed by atoms with E-state index in [0.717, 1.165) is 6.42 Å². The first-order valence-corrected chi connectivity index (χ1v) is 3.54. The smallest absolute Gasteiger partial charge is 0.0475 e. The normalized spacial score (nSPS) is 28.0. The monoisotopic (exact) mass is 131 g/mol. The van der Waals surface area contributed by atoms with Gasteiger partial charge in [0.1, 0.15) is 0 Å². The first kappa shape index (κ1) is 5.66. The van der Waals surface area contributed by atoms with Crippen molar-refractivity contribution in [1.29, 1.82) is 0 Å². The number of hydrogen-bond donors (Lipinski definition) is 0. The van der Waals surface area contributed by atoms with Crippen LogP contribution in [0, 0.1) is 5.92 Å². The molecule has 10 heavy (non-hydrogen) atoms. The lowest BCUT2D eigenvalue weighted by Crippen LogP contribution is -2.03. The van der Waals surface area contributed by atoms with Gasteiger partial charge in [-0.2, -0.15) is 0 Å². The molecule has 1 unspecified atom stereocenters. The second-order valence-electron chi connectivity index (χ2n) is 2.52. The molecule has 1 heterocycles. The predicted octanol–water partition coefficient (Wildman–Crippen LogP) is 2.09. The summed E-state index contributed by atoms with van der Waals surface area (Å²) in [6, 6.07) is 0. The van der Waals surface area contributed by atoms with Gasteiger partial charge in [-0.25, -0.2) is 0 Å². The van der Waals surface area contributed by atoms with Crippen LogP contribution < -0.4 is 0 Å². The van der Waals surface area contributed by atoms with Crippen molar-refractivity contribution >= 4 is 6.21 Å². The molecule has 0 aromatic rings. The lowest BCUT2D eigenvalue weighted by Gasteiger charge is -2.15. The van der Waals surface area contributed by atoms with Crippen molar-refractivity contribution in [1.82, 2.24) is 0 Å². The number of nitrogens with zero attached hydrogens (tertiary/aromatic N) is 1. The van der Waals surface area contributed by atoms with Crippen molar-refractivity contribution in [2.45, 2.75) is 6.42 Å². The average Bonchev–Trinajstić information content (AvgIpc) is 2.05. The number of dihydropyridines is 1. The van der Waals surface area contributed by atoms with E-state index in [2.05, 4.69) is 29.3 Å². The fraction of sp³-hybridized carbons (Fsp3) is 0.222. The molecule has 1 nitrogen and oxygen atoms in total. The fourth-order valence-electron chi connectivity index (χ4n) is 1.26. The van der Waals surface area contributed by atoms with Crippen LogP contribution in [0.3, 0.4) is 0 Å². The largest absolute Gasteiger partial charge is 0.261 e. The molecule has 2 rings (SSSR count). The summed E-state index contributed by atoms with van der Waals surface area (Å²) >= 11 is 0. The minimum atomic E-state index is 0.551. The Morgan fingerprint density at radius 1 is 1.40 bits per heavy atom. The van der Waals surface area contributed by atoms with E-state index in [-0.39, 0.29) is 0 Å². The zero-order valence-electron chi connectivity index (χ0n) is 5.70. The van der Waals surface area contributed by atoms with Gasteiger partial charge in [-0.05, 0) is 18.6 Å². The minimum Gasteiger partial charge on any atom is -0.261 e. The number of aliphatic imine (C=N–C) groups is 1. The number of rotatable bonds is 0. The summed E-state index contributed by atoms with van der Waals surface area (Å²) in [6.45, 7) is 0. The molecule has 1 heteroatoms. The highest BCUT2D eigenvalue weighted by atomic mass is 14.7. The number of fused-ring (bicyclic) bond motifs is 1. The van der Waals surface area contributed by atoms with E-state index >= 15 is 0 Å². The average molecular weight is 131 g/mol. The van der Waals surface area contributed by atoms with Crippen LogP contribution in [0.5, 0.6) is 0 Å². The van der Waals surface area contributed by atoms with E-state index in [9.17, 15) is 0 Å². The quantitative estimate of drug-likeness (QED) is 0.477. The summed E-state index contributed by atoms with van der Waals surface area (Å²) in [7, 11) is 0. The van der Waals surface area contributed by atoms with E-state index < -0.39 is 0 Å². The molecule has 0 saturated carbocycles. The van der Waals surface area contributed by atoms with Gasteiger partial charge in [-0.3, -0.25) is 4.99 Å². The molecule has 0 fully saturated rings. The Morgan fingerprint density at radius 2 is 2.40 bits per heavy atom. The van der Waals surface area contributed by atoms with Gasteiger partial charge in [0.2, 0.25) is 0 Å². The first-order chi connectivity index (χ1) is 4.97. The highest BCUT2D eigenvalue weighted by Crippen LogP contribution is 2.24. The zero-order chi connectivity index (χ0) is 6.81. The Morgan fingerprint density at radius 3 is 3.30 bits per heavy atom. The standard InChI is InChI=1S/C9H9N/c1-2-6-9-8(4-1)5-3-7-10-9/h1-3,5-8H,4H2. The molecule has 0 spiro atoms. The summed E-state index contributed by atoms with van der Waals surface area (Å²) in [5.41, 5.74) is 1.20. The van der Waals surface area contributed by atoms with E-state index in [0.29, 0.717) is 5.92 Å². The molecule has 0 aromatic carbocycles. The fourth-order valence-corrected chi connectivity index (χ4v) is 1.26. The highest BCUT2D eigenvalue weighted by Gasteiger charge is 2.11. The van der Waals surface area contributed by atoms with Gasteiger partial charge in [0.15, 0.2) is 0 Å². The Labute approximate surface area is 60.5 Å². The van der Waals surface area contributed by atoms with Gasteiger partial charge in [0, 0.05) is 17.8 Å². The number of allylic oxidation sites excluding steroid dienone is 5. The molecular formula is C9H9N. The second-order valence-corrected chi connectivity index (χ2v) is 2.52. The summed E-state index contributed by atoms with van der Waals surface area (Å²) in [5, 5.41) is 0. The van der Waals surface area contributed by atoms with Crippen LogP contribution in [-0.2, 0) is 0 Å². The van der Waals surface area contributed by atoms with Crippen molar-refractivity contribution in [3.8, 4) is 0 Å². The Bertz CT molecular complexity index is 243. The lowest BCUT2D eigenvalue weighted by atomic mass is 9.95. The predicted molar refractivity (Wildman–Crippen MR) is 43.0 cm³/mol. The van der Waals surface area contributed by atoms with Crippen LogP contribution in [0.2, 0.25) is 0 Å². The van der Waals surface area contributed by atoms with Crippen molar-refractivity contribution < 1.29 is 0 Å². The topological polar surface area (TPSA) is 12.4 Å². The van der Waals surface area contributed by atoms with Crippen molar-refractivity contribution in [3.05, 3.63) is 36.1 Å². The molecule has 1 atom stereocenters. The molecule has 2 aliphatic rings. The van der Waals surface area contributed by atoms with Crippen LogP contribution >= 0.6 is 0 Å². The van der Waals surface area contributed by atoms with Crippen LogP contribution in [-0.4, -0.2) is 6.21 Å². The molecule has 0 N–H and O–H groups in total. The molecule has 0 bridgehead atoms.